The molecule has 10 heteroatoms. The molecule has 1 aliphatic heterocycles. The number of aliphatic hydroxyl groups is 1. The van der Waals surface area contributed by atoms with Gasteiger partial charge in [-0.3, -0.25) is 10.1 Å². The smallest absolute Gasteiger partial charge is 0.345 e. The third-order valence-corrected chi connectivity index (χ3v) is 16.7. The predicted molar refractivity (Wildman–Crippen MR) is 190 cm³/mol. The van der Waals surface area contributed by atoms with Gasteiger partial charge in [0.25, 0.3) is 0 Å². The number of ketones is 1. The molecule has 5 aliphatic rings. The number of fused-ring (bicyclic) bond motifs is 7. The van der Waals surface area contributed by atoms with Gasteiger partial charge in [-0.2, -0.15) is 0 Å². The van der Waals surface area contributed by atoms with E-state index in [1.165, 1.54) is 17.9 Å². The molecule has 262 valence electrons. The van der Waals surface area contributed by atoms with Gasteiger partial charge >= 0.3 is 8.80 Å². The first-order chi connectivity index (χ1) is 22.6. The Balaban J connectivity index is 1.28. The molecular weight excluding hydrogens is 691 g/mol. The molecule has 1 saturated heterocycles. The van der Waals surface area contributed by atoms with Crippen molar-refractivity contribution in [2.45, 2.75) is 122 Å². The van der Waals surface area contributed by atoms with Crippen molar-refractivity contribution in [1.29, 1.82) is 5.41 Å². The fraction of sp³-hybridized carbons (Fsp3) is 0.684. The van der Waals surface area contributed by atoms with Crippen LogP contribution in [0.1, 0.15) is 86.5 Å². The van der Waals surface area contributed by atoms with Gasteiger partial charge in [-0.15, -0.1) is 0 Å². The van der Waals surface area contributed by atoms with E-state index in [1.54, 1.807) is 12.1 Å². The van der Waals surface area contributed by atoms with Crippen LogP contribution in [0.3, 0.4) is 0 Å². The summed E-state index contributed by atoms with van der Waals surface area (Å²) < 4.78 is 33.9. The lowest BCUT2D eigenvalue weighted by molar-refractivity contribution is -0.513. The lowest BCUT2D eigenvalue weighted by atomic mass is 9.45. The molecule has 7 nitrogen and oxygen atoms in total. The Bertz CT molecular complexity index is 1510. The number of aliphatic hydroxyl groups excluding tert-OH is 1. The third-order valence-electron chi connectivity index (χ3n) is 12.9. The first-order valence-corrected chi connectivity index (χ1v) is 20.8. The zero-order chi connectivity index (χ0) is 34.8. The summed E-state index contributed by atoms with van der Waals surface area (Å²) in [5, 5.41) is 22.9. The molecule has 0 amide bonds. The Morgan fingerprint density at radius 2 is 2.06 bits per heavy atom. The van der Waals surface area contributed by atoms with Crippen molar-refractivity contribution in [3.63, 3.8) is 0 Å². The summed E-state index contributed by atoms with van der Waals surface area (Å²) in [4.78, 5) is 14.5. The van der Waals surface area contributed by atoms with E-state index >= 15 is 0 Å². The lowest BCUT2D eigenvalue weighted by Crippen LogP contribution is -2.76. The second kappa shape index (κ2) is 13.2. The maximum atomic E-state index is 14.5. The molecule has 4 N–H and O–H groups in total. The van der Waals surface area contributed by atoms with Crippen LogP contribution in [0.25, 0.3) is 0 Å². The molecular formula is C38H54BrFN2O5Si+2. The van der Waals surface area contributed by atoms with E-state index in [2.05, 4.69) is 70.1 Å². The average molecular weight is 746 g/mol. The van der Waals surface area contributed by atoms with E-state index in [9.17, 15) is 14.3 Å². The molecule has 48 heavy (non-hydrogen) atoms. The van der Waals surface area contributed by atoms with E-state index in [0.717, 1.165) is 49.1 Å². The minimum absolute atomic E-state index is 0.00524. The minimum Gasteiger partial charge on any atom is -0.393 e. The molecule has 1 aromatic rings. The fourth-order valence-electron chi connectivity index (χ4n) is 10.1. The second-order valence-electron chi connectivity index (χ2n) is 16.6. The van der Waals surface area contributed by atoms with Crippen LogP contribution in [-0.4, -0.2) is 62.8 Å². The summed E-state index contributed by atoms with van der Waals surface area (Å²) >= 11 is 3.30. The Morgan fingerprint density at radius 3 is 2.73 bits per heavy atom. The summed E-state index contributed by atoms with van der Waals surface area (Å²) in [6.45, 7) is 15.5. The van der Waals surface area contributed by atoms with Crippen molar-refractivity contribution in [2.75, 3.05) is 12.8 Å². The van der Waals surface area contributed by atoms with E-state index in [0.29, 0.717) is 23.5 Å². The van der Waals surface area contributed by atoms with Crippen molar-refractivity contribution in [3.8, 4) is 0 Å². The highest BCUT2D eigenvalue weighted by Gasteiger charge is 2.76. The van der Waals surface area contributed by atoms with Gasteiger partial charge in [0, 0.05) is 29.3 Å². The quantitative estimate of drug-likeness (QED) is 0.134. The summed E-state index contributed by atoms with van der Waals surface area (Å²) in [5.41, 5.74) is 2.00. The van der Waals surface area contributed by atoms with E-state index in [1.807, 2.05) is 5.32 Å². The molecule has 1 heterocycles. The number of halogens is 2. The number of hydrogen-bond acceptors (Lipinski definition) is 6. The molecule has 6 rings (SSSR count). The maximum absolute atomic E-state index is 14.5. The zero-order valence-electron chi connectivity index (χ0n) is 29.6. The summed E-state index contributed by atoms with van der Waals surface area (Å²) in [7, 11) is -0.809. The first-order valence-electron chi connectivity index (χ1n) is 17.8. The molecule has 3 unspecified atom stereocenters. The van der Waals surface area contributed by atoms with E-state index in [4.69, 9.17) is 19.6 Å². The van der Waals surface area contributed by atoms with Crippen molar-refractivity contribution in [1.82, 2.24) is 0 Å². The van der Waals surface area contributed by atoms with Crippen molar-refractivity contribution in [2.24, 2.45) is 28.6 Å². The standard InChI is InChI=1S/C38H53BrFN2O5Si/c1-8-9-33-46-32-16-26-25-12-10-23-14-29(42-24-11-13-28(40)27(39)15-24)22(19-41)17-36(23,5)34(25)30(43)18-37(26,6)38(32,47-33)31(44)20-45-21-48(7)35(2,3)4/h11,13-15,19,25-26,30,32-34,41-43H,8-10,12,16-18,20-21H2,1-7H3/q+1/p+1/t25-,26?,30-,32+,33?,34?,36-,37-,38+/m0/s1. The number of quaternary nitrogens is 1. The number of nitrogens with one attached hydrogen (secondary N) is 1. The van der Waals surface area contributed by atoms with Crippen molar-refractivity contribution in [3.05, 3.63) is 51.4 Å². The molecule has 1 aromatic carbocycles. The second-order valence-corrected chi connectivity index (χ2v) is 20.8. The number of hydrogen-bond donors (Lipinski definition) is 3. The molecule has 3 saturated carbocycles. The molecule has 0 bridgehead atoms. The molecule has 9 atom stereocenters. The number of Topliss-reactive ketones (excluding diaryl/α,β-unsaturated/α-hetero) is 1. The number of rotatable bonds is 10. The van der Waals surface area contributed by atoms with Crippen LogP contribution in [0.5, 0.6) is 0 Å². The predicted octanol–water partition coefficient (Wildman–Crippen LogP) is 7.17. The largest absolute Gasteiger partial charge is 0.393 e. The normalized spacial score (nSPS) is 37.3. The first kappa shape index (κ1) is 36.3. The van der Waals surface area contributed by atoms with Gasteiger partial charge in [0.1, 0.15) is 23.8 Å². The van der Waals surface area contributed by atoms with Gasteiger partial charge in [0.05, 0.1) is 28.3 Å². The van der Waals surface area contributed by atoms with E-state index < -0.39 is 32.2 Å². The number of nitrogens with two attached hydrogens (primary N) is 1. The Kier molecular flexibility index (Phi) is 9.99. The third kappa shape index (κ3) is 5.89. The highest BCUT2D eigenvalue weighted by atomic mass is 79.9. The molecule has 0 aromatic heterocycles. The van der Waals surface area contributed by atoms with Crippen LogP contribution in [-0.2, 0) is 19.0 Å². The van der Waals surface area contributed by atoms with Gasteiger partial charge in [0.2, 0.25) is 0 Å². The maximum Gasteiger partial charge on any atom is 0.345 e. The molecule has 0 spiro atoms. The van der Waals surface area contributed by atoms with Crippen LogP contribution in [0.4, 0.5) is 10.1 Å². The van der Waals surface area contributed by atoms with Gasteiger partial charge < -0.3 is 24.7 Å². The molecule has 4 fully saturated rings. The number of carbonyl (C=O) groups is 1. The topological polar surface area (TPSA) is 105 Å². The molecule has 0 radical (unpaired) electrons. The van der Waals surface area contributed by atoms with E-state index in [-0.39, 0.29) is 52.5 Å². The van der Waals surface area contributed by atoms with Crippen molar-refractivity contribution < 1.29 is 33.8 Å². The Morgan fingerprint density at radius 1 is 1.31 bits per heavy atom. The van der Waals surface area contributed by atoms with Crippen LogP contribution in [0, 0.1) is 39.8 Å². The van der Waals surface area contributed by atoms with Crippen LogP contribution >= 0.6 is 15.9 Å². The van der Waals surface area contributed by atoms with Gasteiger partial charge in [-0.1, -0.05) is 32.8 Å². The van der Waals surface area contributed by atoms with Crippen molar-refractivity contribution >= 4 is 42.4 Å². The molecule has 4 aliphatic carbocycles. The van der Waals surface area contributed by atoms with Crippen LogP contribution in [0.2, 0.25) is 11.6 Å². The van der Waals surface area contributed by atoms with Crippen LogP contribution < -0.4 is 5.32 Å². The fourth-order valence-corrected chi connectivity index (χ4v) is 11.3. The zero-order valence-corrected chi connectivity index (χ0v) is 32.2. The monoisotopic (exact) mass is 744 g/mol. The number of carbonyl (C=O) groups excluding carboxylic acids is 1. The SMILES string of the molecule is CCCC1O[C@@H]2CC3[C@@H]4CCC5=CC([NH2+]c6ccc(F)c(Br)c6)=C(C=N)C[C@]5(C)C4[C@@H](O)C[C@]3(C)[C@]2(C(=O)COC[Si+](C)C(C)(C)C)O1. The van der Waals surface area contributed by atoms with Crippen LogP contribution in [0.15, 0.2) is 45.6 Å². The van der Waals surface area contributed by atoms with Gasteiger partial charge in [-0.05, 0) is 111 Å². The summed E-state index contributed by atoms with van der Waals surface area (Å²) in [6, 6.07) is 4.97. The Labute approximate surface area is 295 Å². The highest BCUT2D eigenvalue weighted by molar-refractivity contribution is 9.10. The number of allylic oxidation sites excluding steroid dienone is 3. The minimum atomic E-state index is -1.14. The number of ether oxygens (including phenoxy) is 3. The lowest BCUT2D eigenvalue weighted by Gasteiger charge is -2.60. The highest BCUT2D eigenvalue weighted by Crippen LogP contribution is 2.70. The average Bonchev–Trinajstić information content (AvgIpc) is 3.50. The Hall–Kier alpha value is -1.53. The summed E-state index contributed by atoms with van der Waals surface area (Å²) in [6.07, 6.45) is 8.11. The van der Waals surface area contributed by atoms with Gasteiger partial charge in [-0.25, -0.2) is 4.39 Å². The summed E-state index contributed by atoms with van der Waals surface area (Å²) in [5.74, 6) is -0.0197. The van der Waals surface area contributed by atoms with Gasteiger partial charge in [0.15, 0.2) is 23.9 Å². The number of benzene rings is 1.